The number of hydrogen-bond donors (Lipinski definition) is 3. The van der Waals surface area contributed by atoms with E-state index in [0.29, 0.717) is 12.6 Å². The largest absolute Gasteiger partial charge is 0.493 e. The first-order chi connectivity index (χ1) is 17.1. The Balaban J connectivity index is 1.94. The summed E-state index contributed by atoms with van der Waals surface area (Å²) in [4.78, 5) is 28.2. The summed E-state index contributed by atoms with van der Waals surface area (Å²) < 4.78 is 32.0. The van der Waals surface area contributed by atoms with Crippen LogP contribution < -0.4 is 15.4 Å². The zero-order valence-electron chi connectivity index (χ0n) is 20.4. The highest BCUT2D eigenvalue weighted by molar-refractivity contribution is 5.88. The normalized spacial score (nSPS) is 14.2. The summed E-state index contributed by atoms with van der Waals surface area (Å²) in [5, 5.41) is 19.6. The fraction of sp³-hybridized carbons (Fsp3) is 0.440. The molecular weight excluding hydrogens is 472 g/mol. The Kier molecular flexibility index (Phi) is 11.1. The van der Waals surface area contributed by atoms with E-state index >= 15 is 0 Å². The summed E-state index contributed by atoms with van der Waals surface area (Å²) in [6, 6.07) is 10.0. The van der Waals surface area contributed by atoms with Crippen molar-refractivity contribution in [1.29, 1.82) is 0 Å². The van der Waals surface area contributed by atoms with Gasteiger partial charge in [0.2, 0.25) is 11.8 Å². The van der Waals surface area contributed by atoms with Crippen molar-refractivity contribution >= 4 is 11.8 Å². The highest BCUT2D eigenvalue weighted by atomic mass is 19.1. The second-order valence-corrected chi connectivity index (χ2v) is 8.83. The predicted molar refractivity (Wildman–Crippen MR) is 130 cm³/mol. The zero-order chi connectivity index (χ0) is 26.7. The van der Waals surface area contributed by atoms with Crippen LogP contribution in [0.2, 0.25) is 0 Å². The number of ether oxygens (including phenoxy) is 1. The summed E-state index contributed by atoms with van der Waals surface area (Å²) in [7, 11) is 0. The topological polar surface area (TPSA) is 136 Å². The molecule has 2 aromatic rings. The summed E-state index contributed by atoms with van der Waals surface area (Å²) >= 11 is 0. The maximum absolute atomic E-state index is 13.3. The molecule has 0 heterocycles. The number of rotatable bonds is 13. The molecule has 11 heteroatoms. The number of halogens is 2. The van der Waals surface area contributed by atoms with Gasteiger partial charge in [-0.2, -0.15) is 0 Å². The summed E-state index contributed by atoms with van der Waals surface area (Å²) in [5.41, 5.74) is 9.76. The fourth-order valence-electron chi connectivity index (χ4n) is 3.43. The lowest BCUT2D eigenvalue weighted by molar-refractivity contribution is -0.132. The highest BCUT2D eigenvalue weighted by Gasteiger charge is 2.29. The number of nitrogens with zero attached hydrogens (tertiary/aromatic N) is 3. The molecule has 36 heavy (non-hydrogen) atoms. The molecule has 0 unspecified atom stereocenters. The van der Waals surface area contributed by atoms with Crippen molar-refractivity contribution in [2.24, 2.45) is 17.0 Å². The van der Waals surface area contributed by atoms with E-state index in [1.165, 1.54) is 0 Å². The molecule has 0 radical (unpaired) electrons. The summed E-state index contributed by atoms with van der Waals surface area (Å²) in [6.07, 6.45) is -1.39. The van der Waals surface area contributed by atoms with Crippen molar-refractivity contribution in [3.63, 3.8) is 0 Å². The van der Waals surface area contributed by atoms with Gasteiger partial charge in [-0.3, -0.25) is 9.59 Å². The van der Waals surface area contributed by atoms with Crippen molar-refractivity contribution in [1.82, 2.24) is 10.6 Å². The Morgan fingerprint density at radius 3 is 2.31 bits per heavy atom. The number of carbonyl (C=O) groups excluding carboxylic acids is 2. The molecule has 0 saturated carbocycles. The monoisotopic (exact) mass is 503 g/mol. The number of nitrogens with one attached hydrogen (secondary N) is 2. The zero-order valence-corrected chi connectivity index (χ0v) is 20.4. The Morgan fingerprint density at radius 2 is 1.72 bits per heavy atom. The third-order valence-corrected chi connectivity index (χ3v) is 5.50. The van der Waals surface area contributed by atoms with Gasteiger partial charge in [0.15, 0.2) is 0 Å². The number of benzene rings is 2. The summed E-state index contributed by atoms with van der Waals surface area (Å²) in [5.74, 6) is -3.56. The van der Waals surface area contributed by atoms with E-state index in [9.17, 15) is 23.5 Å². The van der Waals surface area contributed by atoms with Gasteiger partial charge in [0.05, 0.1) is 18.8 Å². The van der Waals surface area contributed by atoms with Crippen molar-refractivity contribution in [2.75, 3.05) is 6.61 Å². The Bertz CT molecular complexity index is 1040. The van der Waals surface area contributed by atoms with Crippen LogP contribution in [0.5, 0.6) is 5.75 Å². The van der Waals surface area contributed by atoms with Gasteiger partial charge in [-0.15, -0.1) is 0 Å². The minimum atomic E-state index is -1.29. The first kappa shape index (κ1) is 28.5. The molecule has 0 aliphatic carbocycles. The average Bonchev–Trinajstić information content (AvgIpc) is 2.83. The molecular formula is C25H31F2N5O4. The molecule has 2 amide bonds. The SMILES string of the molecule is CC(C)[C@H](NC(=O)[C@H](C)C[C@H](O)[C@H](COc1cc(F)cc(F)c1)N=[N+]=[N-])C(=O)NCc1ccccc1. The Morgan fingerprint density at radius 1 is 1.08 bits per heavy atom. The molecule has 9 nitrogen and oxygen atoms in total. The van der Waals surface area contributed by atoms with Crippen LogP contribution in [-0.2, 0) is 16.1 Å². The molecule has 2 aromatic carbocycles. The first-order valence-electron chi connectivity index (χ1n) is 11.5. The first-order valence-corrected chi connectivity index (χ1v) is 11.5. The third kappa shape index (κ3) is 9.16. The van der Waals surface area contributed by atoms with Crippen LogP contribution in [0.4, 0.5) is 8.78 Å². The van der Waals surface area contributed by atoms with Gasteiger partial charge in [-0.1, -0.05) is 56.2 Å². The maximum Gasteiger partial charge on any atom is 0.243 e. The van der Waals surface area contributed by atoms with E-state index in [1.54, 1.807) is 20.8 Å². The molecule has 194 valence electrons. The van der Waals surface area contributed by atoms with E-state index in [-0.39, 0.29) is 30.6 Å². The summed E-state index contributed by atoms with van der Waals surface area (Å²) in [6.45, 7) is 5.12. The van der Waals surface area contributed by atoms with Crippen LogP contribution >= 0.6 is 0 Å². The molecule has 0 aliphatic heterocycles. The van der Waals surface area contributed by atoms with Gasteiger partial charge in [-0.05, 0) is 23.4 Å². The van der Waals surface area contributed by atoms with Crippen LogP contribution in [0.15, 0.2) is 53.6 Å². The molecule has 0 aliphatic rings. The van der Waals surface area contributed by atoms with E-state index in [4.69, 9.17) is 10.3 Å². The lowest BCUT2D eigenvalue weighted by atomic mass is 9.96. The average molecular weight is 504 g/mol. The molecule has 0 saturated heterocycles. The molecule has 0 spiro atoms. The number of amides is 2. The van der Waals surface area contributed by atoms with Gasteiger partial charge < -0.3 is 20.5 Å². The second-order valence-electron chi connectivity index (χ2n) is 8.83. The Labute approximate surface area is 208 Å². The number of hydrogen-bond acceptors (Lipinski definition) is 5. The number of aliphatic hydroxyl groups excluding tert-OH is 1. The quantitative estimate of drug-likeness (QED) is 0.217. The van der Waals surface area contributed by atoms with Gasteiger partial charge in [0.1, 0.15) is 23.4 Å². The molecule has 0 aromatic heterocycles. The van der Waals surface area contributed by atoms with E-state index in [2.05, 4.69) is 20.7 Å². The molecule has 0 bridgehead atoms. The molecule has 2 rings (SSSR count). The predicted octanol–water partition coefficient (Wildman–Crippen LogP) is 3.87. The third-order valence-electron chi connectivity index (χ3n) is 5.50. The van der Waals surface area contributed by atoms with Crippen LogP contribution in [0.1, 0.15) is 32.8 Å². The second kappa shape index (κ2) is 14.0. The van der Waals surface area contributed by atoms with Gasteiger partial charge in [-0.25, -0.2) is 8.78 Å². The molecule has 4 atom stereocenters. The Hall–Kier alpha value is -3.69. The highest BCUT2D eigenvalue weighted by Crippen LogP contribution is 2.18. The van der Waals surface area contributed by atoms with E-state index < -0.39 is 41.6 Å². The minimum absolute atomic E-state index is 0.104. The number of carbonyl (C=O) groups is 2. The molecule has 3 N–H and O–H groups in total. The van der Waals surface area contributed by atoms with Crippen molar-refractivity contribution in [3.05, 3.63) is 76.2 Å². The molecule has 0 fully saturated rings. The van der Waals surface area contributed by atoms with Crippen LogP contribution in [0, 0.1) is 23.5 Å². The van der Waals surface area contributed by atoms with Crippen molar-refractivity contribution < 1.29 is 28.2 Å². The fourth-order valence-corrected chi connectivity index (χ4v) is 3.43. The minimum Gasteiger partial charge on any atom is -0.493 e. The van der Waals surface area contributed by atoms with E-state index in [1.807, 2.05) is 30.3 Å². The van der Waals surface area contributed by atoms with Crippen molar-refractivity contribution in [2.45, 2.75) is 51.9 Å². The van der Waals surface area contributed by atoms with Crippen LogP contribution in [0.25, 0.3) is 10.4 Å². The van der Waals surface area contributed by atoms with Crippen molar-refractivity contribution in [3.8, 4) is 5.75 Å². The van der Waals surface area contributed by atoms with Crippen LogP contribution in [-0.4, -0.2) is 41.7 Å². The lowest BCUT2D eigenvalue weighted by Gasteiger charge is -2.25. The van der Waals surface area contributed by atoms with Gasteiger partial charge in [0, 0.05) is 35.6 Å². The van der Waals surface area contributed by atoms with Crippen LogP contribution in [0.3, 0.4) is 0 Å². The smallest absolute Gasteiger partial charge is 0.243 e. The lowest BCUT2D eigenvalue weighted by Crippen LogP contribution is -2.51. The van der Waals surface area contributed by atoms with Gasteiger partial charge >= 0.3 is 0 Å². The van der Waals surface area contributed by atoms with E-state index in [0.717, 1.165) is 17.7 Å². The maximum atomic E-state index is 13.3. The standard InChI is InChI=1S/C25H31F2N5O4/c1-15(2)23(25(35)29-13-17-7-5-4-6-8-17)30-24(34)16(3)9-22(33)21(31-32-28)14-36-20-11-18(26)10-19(27)12-20/h4-8,10-12,15-16,21-23,33H,9,13-14H2,1-3H3,(H,29,35)(H,30,34)/t16-,21+,22+,23+/m1/s1. The van der Waals surface area contributed by atoms with Gasteiger partial charge in [0.25, 0.3) is 0 Å². The number of azide groups is 1. The number of aliphatic hydroxyl groups is 1.